The van der Waals surface area contributed by atoms with E-state index in [-0.39, 0.29) is 12.6 Å². The Hall–Kier alpha value is -2.04. The number of nitrogens with zero attached hydrogens (tertiary/aromatic N) is 3. The monoisotopic (exact) mass is 291 g/mol. The van der Waals surface area contributed by atoms with E-state index in [2.05, 4.69) is 10.0 Å². The lowest BCUT2D eigenvalue weighted by atomic mass is 10.1. The van der Waals surface area contributed by atoms with Crippen molar-refractivity contribution in [2.45, 2.75) is 45.4 Å². The van der Waals surface area contributed by atoms with E-state index in [1.54, 1.807) is 0 Å². The maximum atomic E-state index is 11.1. The Morgan fingerprint density at radius 1 is 1.38 bits per heavy atom. The zero-order chi connectivity index (χ0) is 15.5. The number of carbonyl (C=O) groups excluding carboxylic acids is 1. The van der Waals surface area contributed by atoms with Crippen LogP contribution in [0.4, 0.5) is 0 Å². The molecule has 1 rings (SSSR count). The van der Waals surface area contributed by atoms with E-state index in [0.717, 1.165) is 12.0 Å². The molecule has 0 N–H and O–H groups in total. The van der Waals surface area contributed by atoms with Gasteiger partial charge in [0.2, 0.25) is 0 Å². The molecule has 0 saturated carbocycles. The van der Waals surface area contributed by atoms with Crippen LogP contribution < -0.4 is 0 Å². The fourth-order valence-electron chi connectivity index (χ4n) is 1.98. The third-order valence-corrected chi connectivity index (χ3v) is 2.92. The van der Waals surface area contributed by atoms with E-state index in [1.807, 2.05) is 37.3 Å². The van der Waals surface area contributed by atoms with Crippen molar-refractivity contribution in [2.75, 3.05) is 6.61 Å². The summed E-state index contributed by atoms with van der Waals surface area (Å²) in [5.41, 5.74) is 9.71. The summed E-state index contributed by atoms with van der Waals surface area (Å²) in [6.45, 7) is 3.98. The predicted octanol–water partition coefficient (Wildman–Crippen LogP) is 3.61. The van der Waals surface area contributed by atoms with Gasteiger partial charge in [0.25, 0.3) is 0 Å². The number of azide groups is 1. The van der Waals surface area contributed by atoms with E-state index in [9.17, 15) is 4.79 Å². The second kappa shape index (κ2) is 9.80. The summed E-state index contributed by atoms with van der Waals surface area (Å²) in [7, 11) is 0. The number of rotatable bonds is 9. The predicted molar refractivity (Wildman–Crippen MR) is 79.5 cm³/mol. The van der Waals surface area contributed by atoms with Crippen LogP contribution in [0.2, 0.25) is 0 Å². The van der Waals surface area contributed by atoms with Crippen molar-refractivity contribution in [1.82, 2.24) is 0 Å². The van der Waals surface area contributed by atoms with Gasteiger partial charge < -0.3 is 9.47 Å². The first kappa shape index (κ1) is 17.0. The van der Waals surface area contributed by atoms with Crippen molar-refractivity contribution in [2.24, 2.45) is 5.11 Å². The molecule has 0 spiro atoms. The molecular formula is C15H21N3O3. The average Bonchev–Trinajstić information content (AvgIpc) is 2.46. The highest BCUT2D eigenvalue weighted by Crippen LogP contribution is 2.13. The fraction of sp³-hybridized carbons (Fsp3) is 0.533. The second-order valence-electron chi connectivity index (χ2n) is 4.71. The van der Waals surface area contributed by atoms with Gasteiger partial charge in [-0.2, -0.15) is 0 Å². The lowest BCUT2D eigenvalue weighted by molar-refractivity contribution is -0.148. The van der Waals surface area contributed by atoms with Crippen LogP contribution in [-0.2, 0) is 20.9 Å². The molecular weight excluding hydrogens is 270 g/mol. The molecule has 1 aromatic rings. The summed E-state index contributed by atoms with van der Waals surface area (Å²) in [5.74, 6) is -0.380. The molecule has 0 heterocycles. The Morgan fingerprint density at radius 3 is 2.67 bits per heavy atom. The van der Waals surface area contributed by atoms with Gasteiger partial charge in [0, 0.05) is 11.8 Å². The zero-order valence-electron chi connectivity index (χ0n) is 12.4. The van der Waals surface area contributed by atoms with Gasteiger partial charge in [0.1, 0.15) is 6.10 Å². The molecule has 2 atom stereocenters. The van der Waals surface area contributed by atoms with Crippen molar-refractivity contribution in [1.29, 1.82) is 0 Å². The lowest BCUT2D eigenvalue weighted by Crippen LogP contribution is -2.32. The molecule has 0 radical (unpaired) electrons. The highest BCUT2D eigenvalue weighted by Gasteiger charge is 2.22. The Morgan fingerprint density at radius 2 is 2.10 bits per heavy atom. The van der Waals surface area contributed by atoms with E-state index < -0.39 is 12.1 Å². The molecule has 6 nitrogen and oxygen atoms in total. The summed E-state index contributed by atoms with van der Waals surface area (Å²) in [6, 6.07) is 9.20. The molecule has 0 bridgehead atoms. The van der Waals surface area contributed by atoms with Crippen molar-refractivity contribution in [3.8, 4) is 0 Å². The van der Waals surface area contributed by atoms with Crippen LogP contribution in [0, 0.1) is 0 Å². The largest absolute Gasteiger partial charge is 0.462 e. The van der Waals surface area contributed by atoms with Gasteiger partial charge in [0.15, 0.2) is 0 Å². The third kappa shape index (κ3) is 6.79. The SMILES string of the molecule is CCC[C@@H](OC(C)=O)[C@@H](COCc1ccccc1)N=[N+]=[N-]. The van der Waals surface area contributed by atoms with Crippen molar-refractivity contribution < 1.29 is 14.3 Å². The first-order valence-corrected chi connectivity index (χ1v) is 7.00. The summed E-state index contributed by atoms with van der Waals surface area (Å²) in [4.78, 5) is 14.0. The van der Waals surface area contributed by atoms with Crippen LogP contribution in [0.1, 0.15) is 32.3 Å². The quantitative estimate of drug-likeness (QED) is 0.301. The Kier molecular flexibility index (Phi) is 7.94. The fourth-order valence-corrected chi connectivity index (χ4v) is 1.98. The maximum Gasteiger partial charge on any atom is 0.302 e. The molecule has 0 saturated heterocycles. The molecule has 0 aromatic heterocycles. The van der Waals surface area contributed by atoms with Gasteiger partial charge in [0.05, 0.1) is 19.3 Å². The minimum absolute atomic E-state index is 0.219. The van der Waals surface area contributed by atoms with Gasteiger partial charge in [-0.15, -0.1) is 0 Å². The van der Waals surface area contributed by atoms with Gasteiger partial charge in [-0.25, -0.2) is 0 Å². The second-order valence-corrected chi connectivity index (χ2v) is 4.71. The molecule has 21 heavy (non-hydrogen) atoms. The molecule has 0 fully saturated rings. The number of benzene rings is 1. The maximum absolute atomic E-state index is 11.1. The zero-order valence-corrected chi connectivity index (χ0v) is 12.4. The molecule has 0 amide bonds. The van der Waals surface area contributed by atoms with Gasteiger partial charge in [-0.05, 0) is 17.5 Å². The molecule has 114 valence electrons. The highest BCUT2D eigenvalue weighted by molar-refractivity contribution is 5.66. The topological polar surface area (TPSA) is 84.3 Å². The highest BCUT2D eigenvalue weighted by atomic mass is 16.5. The average molecular weight is 291 g/mol. The number of carbonyl (C=O) groups is 1. The van der Waals surface area contributed by atoms with Gasteiger partial charge in [-0.3, -0.25) is 4.79 Å². The molecule has 1 aromatic carbocycles. The Labute approximate surface area is 124 Å². The van der Waals surface area contributed by atoms with Gasteiger partial charge >= 0.3 is 5.97 Å². The van der Waals surface area contributed by atoms with E-state index in [1.165, 1.54) is 6.92 Å². The van der Waals surface area contributed by atoms with E-state index in [4.69, 9.17) is 15.0 Å². The minimum atomic E-state index is -0.512. The summed E-state index contributed by atoms with van der Waals surface area (Å²) < 4.78 is 10.8. The first-order valence-electron chi connectivity index (χ1n) is 7.00. The molecule has 0 unspecified atom stereocenters. The molecule has 0 aliphatic heterocycles. The lowest BCUT2D eigenvalue weighted by Gasteiger charge is -2.22. The smallest absolute Gasteiger partial charge is 0.302 e. The van der Waals surface area contributed by atoms with Crippen molar-refractivity contribution in [3.05, 3.63) is 46.3 Å². The molecule has 0 aliphatic carbocycles. The number of hydrogen-bond donors (Lipinski definition) is 0. The van der Waals surface area contributed by atoms with Crippen molar-refractivity contribution in [3.63, 3.8) is 0 Å². The third-order valence-electron chi connectivity index (χ3n) is 2.92. The minimum Gasteiger partial charge on any atom is -0.462 e. The first-order chi connectivity index (χ1) is 10.2. The standard InChI is InChI=1S/C15H21N3O3/c1-3-7-15(21-12(2)19)14(17-18-16)11-20-10-13-8-5-4-6-9-13/h4-6,8-9,14-15H,3,7,10-11H2,1-2H3/t14-,15-/m1/s1. The molecule has 6 heteroatoms. The van der Waals surface area contributed by atoms with Crippen molar-refractivity contribution >= 4 is 5.97 Å². The van der Waals surface area contributed by atoms with Crippen LogP contribution in [0.25, 0.3) is 10.4 Å². The van der Waals surface area contributed by atoms with Crippen LogP contribution >= 0.6 is 0 Å². The summed E-state index contributed by atoms with van der Waals surface area (Å²) in [5, 5.41) is 3.71. The summed E-state index contributed by atoms with van der Waals surface area (Å²) in [6.07, 6.45) is 1.02. The Balaban J connectivity index is 2.58. The van der Waals surface area contributed by atoms with Crippen LogP contribution in [0.15, 0.2) is 35.4 Å². The Bertz CT molecular complexity index is 472. The number of ether oxygens (including phenoxy) is 2. The van der Waals surface area contributed by atoms with Crippen LogP contribution in [-0.4, -0.2) is 24.7 Å². The molecule has 0 aliphatic rings. The number of hydrogen-bond acceptors (Lipinski definition) is 4. The van der Waals surface area contributed by atoms with E-state index >= 15 is 0 Å². The van der Waals surface area contributed by atoms with Gasteiger partial charge in [-0.1, -0.05) is 48.8 Å². The van der Waals surface area contributed by atoms with E-state index in [0.29, 0.717) is 13.0 Å². The van der Waals surface area contributed by atoms with Crippen LogP contribution in [0.5, 0.6) is 0 Å². The summed E-state index contributed by atoms with van der Waals surface area (Å²) >= 11 is 0. The number of esters is 1. The normalized spacial score (nSPS) is 13.0. The van der Waals surface area contributed by atoms with Crippen LogP contribution in [0.3, 0.4) is 0 Å².